The van der Waals surface area contributed by atoms with Crippen LogP contribution in [0.25, 0.3) is 0 Å². The molecule has 0 bridgehead atoms. The number of carbonyl (C=O) groups is 2. The van der Waals surface area contributed by atoms with Crippen LogP contribution in [-0.2, 0) is 28.5 Å². The molecule has 0 saturated heterocycles. The van der Waals surface area contributed by atoms with Crippen LogP contribution in [0.5, 0.6) is 0 Å². The molecule has 4 N–H and O–H groups in total. The third kappa shape index (κ3) is 24.7. The Morgan fingerprint density at radius 3 is 1.56 bits per heavy atom. The van der Waals surface area contributed by atoms with Gasteiger partial charge in [0.25, 0.3) is 0 Å². The Morgan fingerprint density at radius 1 is 0.593 bits per heavy atom. The molecule has 0 aromatic carbocycles. The Labute approximate surface area is 160 Å². The molecule has 0 unspecified atom stereocenters. The zero-order chi connectivity index (χ0) is 20.0. The van der Waals surface area contributed by atoms with Crippen LogP contribution in [0.2, 0.25) is 0 Å². The van der Waals surface area contributed by atoms with Gasteiger partial charge in [0.2, 0.25) is 0 Å². The zero-order valence-corrected chi connectivity index (χ0v) is 16.0. The van der Waals surface area contributed by atoms with Crippen molar-refractivity contribution in [2.45, 2.75) is 19.3 Å². The fourth-order valence-electron chi connectivity index (χ4n) is 1.91. The minimum absolute atomic E-state index is 0.223. The average molecular weight is 394 g/mol. The summed E-state index contributed by atoms with van der Waals surface area (Å²) in [6, 6.07) is 0. The van der Waals surface area contributed by atoms with E-state index in [9.17, 15) is 9.59 Å². The summed E-state index contributed by atoms with van der Waals surface area (Å²) in [6.07, 6.45) is 1.77. The first-order valence-electron chi connectivity index (χ1n) is 9.29. The highest BCUT2D eigenvalue weighted by Crippen LogP contribution is 1.92. The Bertz CT molecular complexity index is 326. The van der Waals surface area contributed by atoms with Gasteiger partial charge in [-0.3, -0.25) is 4.79 Å². The van der Waals surface area contributed by atoms with Crippen molar-refractivity contribution < 1.29 is 38.7 Å². The summed E-state index contributed by atoms with van der Waals surface area (Å²) in [7, 11) is 0. The molecular formula is C17H34N2O8. The van der Waals surface area contributed by atoms with Gasteiger partial charge in [-0.2, -0.15) is 0 Å². The maximum atomic E-state index is 10.3. The summed E-state index contributed by atoms with van der Waals surface area (Å²) < 4.78 is 20.9. The topological polar surface area (TPSA) is 136 Å². The summed E-state index contributed by atoms with van der Waals surface area (Å²) in [4.78, 5) is 20.5. The Kier molecular flexibility index (Phi) is 20.0. The fourth-order valence-corrected chi connectivity index (χ4v) is 1.91. The maximum absolute atomic E-state index is 10.3. The third-order valence-electron chi connectivity index (χ3n) is 3.23. The zero-order valence-electron chi connectivity index (χ0n) is 16.0. The first-order chi connectivity index (χ1) is 13.1. The lowest BCUT2D eigenvalue weighted by Crippen LogP contribution is -2.25. The molecule has 160 valence electrons. The number of aliphatic carboxylic acids is 2. The molecule has 10 heteroatoms. The van der Waals surface area contributed by atoms with Crippen molar-refractivity contribution in [3.63, 3.8) is 0 Å². The molecule has 0 radical (unpaired) electrons. The van der Waals surface area contributed by atoms with E-state index >= 15 is 0 Å². The number of carboxylic acids is 2. The molecule has 0 spiro atoms. The highest BCUT2D eigenvalue weighted by Gasteiger charge is 1.97. The van der Waals surface area contributed by atoms with Gasteiger partial charge in [0, 0.05) is 26.1 Å². The second-order valence-electron chi connectivity index (χ2n) is 5.63. The highest BCUT2D eigenvalue weighted by atomic mass is 16.5. The van der Waals surface area contributed by atoms with Crippen LogP contribution >= 0.6 is 0 Å². The Hall–Kier alpha value is -1.30. The SMILES string of the molecule is O=C(O)CCCCNCCOCCOCCNCCOCCOCC(=O)O. The molecule has 10 nitrogen and oxygen atoms in total. The van der Waals surface area contributed by atoms with Crippen LogP contribution in [0, 0.1) is 0 Å². The van der Waals surface area contributed by atoms with E-state index in [1.807, 2.05) is 0 Å². The van der Waals surface area contributed by atoms with Crippen molar-refractivity contribution in [2.75, 3.05) is 79.0 Å². The number of carboxylic acid groups (broad SMARTS) is 2. The van der Waals surface area contributed by atoms with Crippen LogP contribution < -0.4 is 10.6 Å². The van der Waals surface area contributed by atoms with E-state index in [2.05, 4.69) is 10.6 Å². The van der Waals surface area contributed by atoms with Crippen molar-refractivity contribution >= 4 is 11.9 Å². The van der Waals surface area contributed by atoms with E-state index < -0.39 is 11.9 Å². The van der Waals surface area contributed by atoms with Crippen LogP contribution in [0.4, 0.5) is 0 Å². The molecule has 0 heterocycles. The van der Waals surface area contributed by atoms with Crippen LogP contribution in [0.15, 0.2) is 0 Å². The lowest BCUT2D eigenvalue weighted by atomic mass is 10.2. The Morgan fingerprint density at radius 2 is 1.07 bits per heavy atom. The van der Waals surface area contributed by atoms with E-state index in [0.29, 0.717) is 52.6 Å². The molecule has 0 aromatic heterocycles. The summed E-state index contributed by atoms with van der Waals surface area (Å²) in [5.74, 6) is -1.73. The lowest BCUT2D eigenvalue weighted by Gasteiger charge is -2.08. The standard InChI is InChI=1S/C17H34N2O8/c20-16(21)3-1-2-4-18-5-8-24-11-12-25-9-6-19-7-10-26-13-14-27-15-17(22)23/h18-19H,1-15H2,(H,20,21)(H,22,23). The number of nitrogens with one attached hydrogen (secondary N) is 2. The van der Waals surface area contributed by atoms with Crippen LogP contribution in [0.3, 0.4) is 0 Å². The number of hydrogen-bond acceptors (Lipinski definition) is 8. The first-order valence-corrected chi connectivity index (χ1v) is 9.29. The number of ether oxygens (including phenoxy) is 4. The molecule has 0 rings (SSSR count). The molecule has 0 aliphatic rings. The minimum Gasteiger partial charge on any atom is -0.481 e. The molecule has 0 aliphatic heterocycles. The van der Waals surface area contributed by atoms with Gasteiger partial charge in [-0.25, -0.2) is 4.79 Å². The van der Waals surface area contributed by atoms with Gasteiger partial charge in [0.1, 0.15) is 6.61 Å². The quantitative estimate of drug-likeness (QED) is 0.179. The van der Waals surface area contributed by atoms with Crippen LogP contribution in [0.1, 0.15) is 19.3 Å². The minimum atomic E-state index is -0.983. The molecule has 0 aliphatic carbocycles. The van der Waals surface area contributed by atoms with Gasteiger partial charge in [-0.15, -0.1) is 0 Å². The van der Waals surface area contributed by atoms with E-state index in [-0.39, 0.29) is 19.6 Å². The van der Waals surface area contributed by atoms with E-state index in [4.69, 9.17) is 29.2 Å². The van der Waals surface area contributed by atoms with Gasteiger partial charge in [-0.1, -0.05) is 0 Å². The van der Waals surface area contributed by atoms with Crippen LogP contribution in [-0.4, -0.2) is 101 Å². The van der Waals surface area contributed by atoms with Crippen molar-refractivity contribution in [3.8, 4) is 0 Å². The van der Waals surface area contributed by atoms with Gasteiger partial charge >= 0.3 is 11.9 Å². The lowest BCUT2D eigenvalue weighted by molar-refractivity contribution is -0.142. The normalized spacial score (nSPS) is 11.0. The monoisotopic (exact) mass is 394 g/mol. The molecule has 27 heavy (non-hydrogen) atoms. The molecule has 0 amide bonds. The smallest absolute Gasteiger partial charge is 0.329 e. The Balaban J connectivity index is 3.01. The molecule has 0 saturated carbocycles. The predicted octanol–water partition coefficient (Wildman–Crippen LogP) is -0.428. The largest absolute Gasteiger partial charge is 0.481 e. The number of hydrogen-bond donors (Lipinski definition) is 4. The average Bonchev–Trinajstić information content (AvgIpc) is 2.62. The third-order valence-corrected chi connectivity index (χ3v) is 3.23. The second-order valence-corrected chi connectivity index (χ2v) is 5.63. The summed E-state index contributed by atoms with van der Waals surface area (Å²) in [6.45, 7) is 6.12. The van der Waals surface area contributed by atoms with E-state index in [1.54, 1.807) is 0 Å². The predicted molar refractivity (Wildman–Crippen MR) is 98.1 cm³/mol. The number of unbranched alkanes of at least 4 members (excludes halogenated alkanes) is 1. The summed E-state index contributed by atoms with van der Waals surface area (Å²) in [5, 5.41) is 23.2. The second kappa shape index (κ2) is 21.0. The van der Waals surface area contributed by atoms with Gasteiger partial charge < -0.3 is 39.8 Å². The summed E-state index contributed by atoms with van der Waals surface area (Å²) in [5.41, 5.74) is 0. The first kappa shape index (κ1) is 25.7. The molecular weight excluding hydrogens is 360 g/mol. The molecule has 0 fully saturated rings. The van der Waals surface area contributed by atoms with Gasteiger partial charge in [-0.05, 0) is 19.4 Å². The van der Waals surface area contributed by atoms with E-state index in [0.717, 1.165) is 26.1 Å². The van der Waals surface area contributed by atoms with Gasteiger partial charge in [0.15, 0.2) is 0 Å². The highest BCUT2D eigenvalue weighted by molar-refractivity contribution is 5.68. The molecule has 0 atom stereocenters. The van der Waals surface area contributed by atoms with Crippen molar-refractivity contribution in [3.05, 3.63) is 0 Å². The van der Waals surface area contributed by atoms with Crippen molar-refractivity contribution in [2.24, 2.45) is 0 Å². The summed E-state index contributed by atoms with van der Waals surface area (Å²) >= 11 is 0. The van der Waals surface area contributed by atoms with Gasteiger partial charge in [0.05, 0.1) is 46.2 Å². The van der Waals surface area contributed by atoms with E-state index in [1.165, 1.54) is 0 Å². The maximum Gasteiger partial charge on any atom is 0.329 e. The number of rotatable bonds is 22. The van der Waals surface area contributed by atoms with Crippen molar-refractivity contribution in [1.29, 1.82) is 0 Å². The fraction of sp³-hybridized carbons (Fsp3) is 0.882. The van der Waals surface area contributed by atoms with Crippen molar-refractivity contribution in [1.82, 2.24) is 10.6 Å². The molecule has 0 aromatic rings.